The molecule has 2 N–H and O–H groups in total. The van der Waals surface area contributed by atoms with E-state index in [1.54, 1.807) is 0 Å². The summed E-state index contributed by atoms with van der Waals surface area (Å²) in [5.74, 6) is 4.89. The molecule has 0 aliphatic heterocycles. The van der Waals surface area contributed by atoms with Gasteiger partial charge >= 0.3 is 5.69 Å². The molecular weight excluding hydrogens is 489 g/mol. The van der Waals surface area contributed by atoms with Crippen molar-refractivity contribution >= 4 is 23.5 Å². The van der Waals surface area contributed by atoms with Gasteiger partial charge in [0.25, 0.3) is 21.2 Å². The van der Waals surface area contributed by atoms with Gasteiger partial charge in [-0.25, -0.2) is 9.11 Å². The van der Waals surface area contributed by atoms with Gasteiger partial charge < -0.3 is 38.5 Å². The second-order valence-electron chi connectivity index (χ2n) is 5.43. The predicted molar refractivity (Wildman–Crippen MR) is 91.5 cm³/mol. The van der Waals surface area contributed by atoms with Crippen LogP contribution in [-0.4, -0.2) is 34.0 Å². The van der Waals surface area contributed by atoms with Gasteiger partial charge in [0.15, 0.2) is 0 Å². The third-order valence-corrected chi connectivity index (χ3v) is 6.70. The number of ether oxygens (including phenoxy) is 1. The highest BCUT2D eigenvalue weighted by atomic mass is 31.3. The van der Waals surface area contributed by atoms with Gasteiger partial charge in [0.05, 0.1) is 21.0 Å². The third kappa shape index (κ3) is 9.71. The predicted octanol–water partition coefficient (Wildman–Crippen LogP) is -3.38. The summed E-state index contributed by atoms with van der Waals surface area (Å²) in [5, 5.41) is 9.29. The van der Waals surface area contributed by atoms with Gasteiger partial charge in [-0.15, -0.1) is 5.92 Å². The van der Waals surface area contributed by atoms with Gasteiger partial charge in [-0.1, -0.05) is 5.92 Å². The fourth-order valence-corrected chi connectivity index (χ4v) is 4.80. The number of nitrogens with one attached hydrogen (secondary N) is 1. The molecule has 31 heavy (non-hydrogen) atoms. The monoisotopic (exact) mass is 504 g/mol. The average molecular weight is 504 g/mol. The van der Waals surface area contributed by atoms with Crippen molar-refractivity contribution < 1.29 is 56.3 Å². The normalized spacial score (nSPS) is 17.6. The van der Waals surface area contributed by atoms with E-state index in [0.717, 1.165) is 10.8 Å². The number of rotatable bonds is 11. The fraction of sp³-hybridized carbons (Fsp3) is 0.500. The van der Waals surface area contributed by atoms with Crippen LogP contribution in [0.4, 0.5) is 0 Å². The number of hydrogen-bond donors (Lipinski definition) is 2. The minimum absolute atomic E-state index is 0.0907. The van der Waals surface area contributed by atoms with E-state index in [1.807, 2.05) is 4.98 Å². The maximum Gasteiger partial charge on any atom is 0.330 e. The van der Waals surface area contributed by atoms with Crippen molar-refractivity contribution in [3.8, 4) is 11.8 Å². The lowest BCUT2D eigenvalue weighted by molar-refractivity contribution is -0.339. The topological polar surface area (TPSA) is 255 Å². The van der Waals surface area contributed by atoms with Gasteiger partial charge in [0, 0.05) is 6.20 Å². The zero-order chi connectivity index (χ0) is 24.0. The van der Waals surface area contributed by atoms with Crippen molar-refractivity contribution in [2.24, 2.45) is 0 Å². The quantitative estimate of drug-likeness (QED) is 0.220. The molecule has 0 aromatic carbocycles. The summed E-state index contributed by atoms with van der Waals surface area (Å²) in [4.78, 5) is 68.6. The molecule has 0 saturated heterocycles. The Hall–Kier alpha value is -1.43. The van der Waals surface area contributed by atoms with E-state index in [-0.39, 0.29) is 5.56 Å². The summed E-state index contributed by atoms with van der Waals surface area (Å²) >= 11 is 0. The smallest absolute Gasteiger partial charge is 0.330 e. The number of hydrogen-bond acceptors (Lipinski definition) is 14. The van der Waals surface area contributed by atoms with E-state index in [9.17, 15) is 48.0 Å². The second kappa shape index (κ2) is 10.9. The maximum absolute atomic E-state index is 11.9. The Balaban J connectivity index is 2.87. The van der Waals surface area contributed by atoms with Crippen LogP contribution in [0.15, 0.2) is 15.8 Å². The summed E-state index contributed by atoms with van der Waals surface area (Å²) in [5.41, 5.74) is -1.77. The summed E-state index contributed by atoms with van der Waals surface area (Å²) in [6.07, 6.45) is -1.65. The van der Waals surface area contributed by atoms with Crippen LogP contribution < -0.4 is 30.8 Å². The minimum Gasteiger partial charge on any atom is -0.790 e. The van der Waals surface area contributed by atoms with Gasteiger partial charge in [0.2, 0.25) is 0 Å². The Bertz CT molecular complexity index is 1090. The van der Waals surface area contributed by atoms with E-state index >= 15 is 0 Å². The number of aromatic nitrogens is 2. The van der Waals surface area contributed by atoms with Crippen LogP contribution in [0.2, 0.25) is 0 Å². The first-order chi connectivity index (χ1) is 14.1. The Morgan fingerprint density at radius 1 is 1.16 bits per heavy atom. The first kappa shape index (κ1) is 27.6. The van der Waals surface area contributed by atoms with Gasteiger partial charge in [0.1, 0.15) is 17.9 Å². The lowest BCUT2D eigenvalue weighted by Gasteiger charge is -2.37. The summed E-state index contributed by atoms with van der Waals surface area (Å²) in [6.45, 7) is 0.758. The number of phosphoric ester groups is 1. The first-order valence-electron chi connectivity index (χ1n) is 7.85. The van der Waals surface area contributed by atoms with E-state index in [2.05, 4.69) is 25.0 Å². The third-order valence-electron chi connectivity index (χ3n) is 3.03. The number of aliphatic hydroxyl groups is 1. The van der Waals surface area contributed by atoms with Crippen molar-refractivity contribution in [1.82, 2.24) is 9.55 Å². The van der Waals surface area contributed by atoms with Gasteiger partial charge in [-0.3, -0.25) is 27.8 Å². The first-order valence-corrected chi connectivity index (χ1v) is 12.2. The number of aliphatic hydroxyl groups excluding tert-OH is 1. The number of phosphoric acid groups is 3. The van der Waals surface area contributed by atoms with E-state index in [4.69, 9.17) is 4.74 Å². The molecule has 0 spiro atoms. The molecule has 1 heterocycles. The summed E-state index contributed by atoms with van der Waals surface area (Å²) < 4.78 is 49.5. The van der Waals surface area contributed by atoms with Gasteiger partial charge in [-0.2, -0.15) is 0 Å². The Kier molecular flexibility index (Phi) is 9.73. The van der Waals surface area contributed by atoms with Crippen LogP contribution in [0.1, 0.15) is 25.6 Å². The molecule has 0 saturated carbocycles. The van der Waals surface area contributed by atoms with Crippen molar-refractivity contribution in [3.63, 3.8) is 0 Å². The number of nitrogens with zero attached hydrogens (tertiary/aromatic N) is 1. The van der Waals surface area contributed by atoms with Crippen LogP contribution in [0, 0.1) is 11.8 Å². The van der Waals surface area contributed by atoms with Crippen molar-refractivity contribution in [2.75, 3.05) is 13.2 Å². The second-order valence-corrected chi connectivity index (χ2v) is 9.67. The zero-order valence-corrected chi connectivity index (χ0v) is 18.4. The number of H-pyrrole nitrogens is 1. The van der Waals surface area contributed by atoms with Crippen LogP contribution >= 0.6 is 23.5 Å². The molecule has 16 nitrogen and oxygen atoms in total. The van der Waals surface area contributed by atoms with E-state index < -0.39 is 60.3 Å². The molecule has 1 rings (SSSR count). The molecule has 4 atom stereocenters. The highest BCUT2D eigenvalue weighted by Gasteiger charge is 2.24. The Labute approximate surface area is 173 Å². The molecule has 0 radical (unpaired) electrons. The highest BCUT2D eigenvalue weighted by Crippen LogP contribution is 2.60. The van der Waals surface area contributed by atoms with Crippen LogP contribution in [0.3, 0.4) is 0 Å². The van der Waals surface area contributed by atoms with Crippen molar-refractivity contribution in [1.29, 1.82) is 0 Å². The fourth-order valence-electron chi connectivity index (χ4n) is 1.92. The number of aromatic amines is 1. The van der Waals surface area contributed by atoms with E-state index in [0.29, 0.717) is 0 Å². The lowest BCUT2D eigenvalue weighted by Crippen LogP contribution is -2.36. The summed E-state index contributed by atoms with van der Waals surface area (Å²) in [6, 6.07) is 0. The standard InChI is InChI=1S/C12H19N2O14P3/c1-3-4-9-5-14(12(17)13-11(9)16)8(2)26-10(6-15)7-25-30(21,22)28-31(23,24)27-29(18,19)20/h5,8,10,15H,6-7H2,1-2H3,(H,21,22)(H,23,24)(H,13,16,17)(H2,18,19,20)/p-4. The van der Waals surface area contributed by atoms with Crippen LogP contribution in [0.5, 0.6) is 0 Å². The van der Waals surface area contributed by atoms with Crippen LogP contribution in [0.25, 0.3) is 0 Å². The average Bonchev–Trinajstić information content (AvgIpc) is 2.57. The Morgan fingerprint density at radius 2 is 1.77 bits per heavy atom. The molecule has 0 amide bonds. The molecule has 0 fully saturated rings. The van der Waals surface area contributed by atoms with Crippen LogP contribution in [-0.2, 0) is 31.6 Å². The van der Waals surface area contributed by atoms with Crippen molar-refractivity contribution in [2.45, 2.75) is 26.2 Å². The molecule has 1 aromatic rings. The Morgan fingerprint density at radius 3 is 2.29 bits per heavy atom. The molecule has 0 aliphatic rings. The molecular formula is C12H15N2O14P3-4. The molecule has 1 aromatic heterocycles. The molecule has 0 bridgehead atoms. The SMILES string of the molecule is CC#Cc1cn(C(C)OC(CO)COP(=O)([O-])OP(=O)([O-])OP(=O)([O-])[O-])c(=O)[nH]c1=O. The molecule has 176 valence electrons. The largest absolute Gasteiger partial charge is 0.790 e. The van der Waals surface area contributed by atoms with E-state index in [1.165, 1.54) is 13.8 Å². The molecule has 19 heteroatoms. The van der Waals surface area contributed by atoms with Gasteiger partial charge in [-0.05, 0) is 13.8 Å². The maximum atomic E-state index is 11.9. The summed E-state index contributed by atoms with van der Waals surface area (Å²) in [7, 11) is -18.1. The lowest BCUT2D eigenvalue weighted by atomic mass is 10.3. The van der Waals surface area contributed by atoms with Crippen molar-refractivity contribution in [3.05, 3.63) is 32.6 Å². The highest BCUT2D eigenvalue weighted by molar-refractivity contribution is 7.64. The minimum atomic E-state index is -6.14. The molecule has 4 unspecified atom stereocenters. The molecule has 0 aliphatic carbocycles. The zero-order valence-electron chi connectivity index (χ0n) is 15.7.